The molecule has 1 heterocycles. The third-order valence-corrected chi connectivity index (χ3v) is 4.84. The van der Waals surface area contributed by atoms with E-state index in [4.69, 9.17) is 0 Å². The zero-order valence-corrected chi connectivity index (χ0v) is 13.3. The van der Waals surface area contributed by atoms with Crippen LogP contribution in [0.4, 0.5) is 0 Å². The summed E-state index contributed by atoms with van der Waals surface area (Å²) in [6.07, 6.45) is 8.03. The van der Waals surface area contributed by atoms with Gasteiger partial charge in [-0.1, -0.05) is 37.6 Å². The number of aromatic nitrogens is 1. The highest BCUT2D eigenvalue weighted by atomic mass is 16.3. The lowest BCUT2D eigenvalue weighted by molar-refractivity contribution is -0.117. The lowest BCUT2D eigenvalue weighted by Gasteiger charge is -2.29. The molecule has 2 aromatic rings. The van der Waals surface area contributed by atoms with E-state index in [0.717, 1.165) is 35.7 Å². The van der Waals surface area contributed by atoms with E-state index in [2.05, 4.69) is 10.3 Å². The Kier molecular flexibility index (Phi) is 4.44. The maximum absolute atomic E-state index is 12.2. The molecule has 1 saturated carbocycles. The van der Waals surface area contributed by atoms with E-state index in [1.54, 1.807) is 18.3 Å². The molecule has 23 heavy (non-hydrogen) atoms. The largest absolute Gasteiger partial charge is 0.396 e. The van der Waals surface area contributed by atoms with Crippen molar-refractivity contribution in [3.63, 3.8) is 0 Å². The SMILES string of the molecule is CC1(CO)CCCC1NC(=O)/C=C/c1cccc2cccnc12. The molecule has 2 atom stereocenters. The van der Waals surface area contributed by atoms with Gasteiger partial charge in [0, 0.05) is 34.7 Å². The van der Waals surface area contributed by atoms with Crippen LogP contribution in [0.3, 0.4) is 0 Å². The first-order valence-electron chi connectivity index (χ1n) is 8.05. The van der Waals surface area contributed by atoms with Gasteiger partial charge in [0.05, 0.1) is 12.1 Å². The fourth-order valence-corrected chi connectivity index (χ4v) is 3.32. The Hall–Kier alpha value is -2.20. The highest BCUT2D eigenvalue weighted by molar-refractivity contribution is 5.95. The highest BCUT2D eigenvalue weighted by Gasteiger charge is 2.38. The first-order valence-corrected chi connectivity index (χ1v) is 8.05. The minimum Gasteiger partial charge on any atom is -0.396 e. The minimum absolute atomic E-state index is 0.0373. The summed E-state index contributed by atoms with van der Waals surface area (Å²) >= 11 is 0. The fourth-order valence-electron chi connectivity index (χ4n) is 3.32. The third-order valence-electron chi connectivity index (χ3n) is 4.84. The van der Waals surface area contributed by atoms with Crippen molar-refractivity contribution in [2.45, 2.75) is 32.2 Å². The Morgan fingerprint density at radius 1 is 1.43 bits per heavy atom. The number of hydrogen-bond acceptors (Lipinski definition) is 3. The Bertz CT molecular complexity index is 736. The van der Waals surface area contributed by atoms with Crippen LogP contribution in [0.5, 0.6) is 0 Å². The van der Waals surface area contributed by atoms with E-state index in [0.29, 0.717) is 0 Å². The molecule has 2 N–H and O–H groups in total. The number of benzene rings is 1. The monoisotopic (exact) mass is 310 g/mol. The second-order valence-electron chi connectivity index (χ2n) is 6.52. The molecular formula is C19H22N2O2. The summed E-state index contributed by atoms with van der Waals surface area (Å²) in [6, 6.07) is 9.86. The number of carbonyl (C=O) groups excluding carboxylic acids is 1. The molecule has 0 bridgehead atoms. The molecule has 120 valence electrons. The molecule has 1 aliphatic carbocycles. The predicted octanol–water partition coefficient (Wildman–Crippen LogP) is 2.92. The zero-order valence-electron chi connectivity index (χ0n) is 13.3. The smallest absolute Gasteiger partial charge is 0.244 e. The molecule has 0 spiro atoms. The van der Waals surface area contributed by atoms with Gasteiger partial charge in [0.15, 0.2) is 0 Å². The van der Waals surface area contributed by atoms with Gasteiger partial charge in [-0.2, -0.15) is 0 Å². The van der Waals surface area contributed by atoms with Gasteiger partial charge < -0.3 is 10.4 Å². The maximum Gasteiger partial charge on any atom is 0.244 e. The van der Waals surface area contributed by atoms with Crippen LogP contribution in [0.2, 0.25) is 0 Å². The summed E-state index contributed by atoms with van der Waals surface area (Å²) in [4.78, 5) is 16.6. The van der Waals surface area contributed by atoms with Gasteiger partial charge in [-0.15, -0.1) is 0 Å². The summed E-state index contributed by atoms with van der Waals surface area (Å²) in [6.45, 7) is 2.14. The van der Waals surface area contributed by atoms with Gasteiger partial charge >= 0.3 is 0 Å². The molecule has 1 aliphatic rings. The van der Waals surface area contributed by atoms with E-state index in [1.165, 1.54) is 0 Å². The van der Waals surface area contributed by atoms with E-state index >= 15 is 0 Å². The average Bonchev–Trinajstić information content (AvgIpc) is 2.94. The van der Waals surface area contributed by atoms with Crippen molar-refractivity contribution in [1.29, 1.82) is 0 Å². The van der Waals surface area contributed by atoms with Crippen LogP contribution in [-0.2, 0) is 4.79 Å². The molecular weight excluding hydrogens is 288 g/mol. The summed E-state index contributed by atoms with van der Waals surface area (Å²) in [5.74, 6) is -0.121. The van der Waals surface area contributed by atoms with Crippen molar-refractivity contribution < 1.29 is 9.90 Å². The van der Waals surface area contributed by atoms with Crippen molar-refractivity contribution in [2.24, 2.45) is 5.41 Å². The van der Waals surface area contributed by atoms with Crippen LogP contribution in [0, 0.1) is 5.41 Å². The van der Waals surface area contributed by atoms with Gasteiger partial charge in [-0.25, -0.2) is 0 Å². The highest BCUT2D eigenvalue weighted by Crippen LogP contribution is 2.37. The molecule has 2 unspecified atom stereocenters. The number of para-hydroxylation sites is 1. The number of fused-ring (bicyclic) bond motifs is 1. The Morgan fingerprint density at radius 3 is 3.09 bits per heavy atom. The van der Waals surface area contributed by atoms with Crippen molar-refractivity contribution >= 4 is 22.9 Å². The van der Waals surface area contributed by atoms with Crippen molar-refractivity contribution in [3.8, 4) is 0 Å². The first kappa shape index (κ1) is 15.7. The normalized spacial score (nSPS) is 24.3. The molecule has 0 radical (unpaired) electrons. The Labute approximate surface area is 136 Å². The molecule has 4 heteroatoms. The number of aliphatic hydroxyl groups is 1. The maximum atomic E-state index is 12.2. The Balaban J connectivity index is 1.73. The summed E-state index contributed by atoms with van der Waals surface area (Å²) in [5.41, 5.74) is 1.61. The number of aliphatic hydroxyl groups excluding tert-OH is 1. The van der Waals surface area contributed by atoms with Gasteiger partial charge in [0.1, 0.15) is 0 Å². The van der Waals surface area contributed by atoms with E-state index in [1.807, 2.05) is 37.3 Å². The van der Waals surface area contributed by atoms with Crippen LogP contribution < -0.4 is 5.32 Å². The van der Waals surface area contributed by atoms with Gasteiger partial charge in [-0.3, -0.25) is 9.78 Å². The van der Waals surface area contributed by atoms with Crippen LogP contribution in [0.25, 0.3) is 17.0 Å². The topological polar surface area (TPSA) is 62.2 Å². The predicted molar refractivity (Wildman–Crippen MR) is 91.8 cm³/mol. The van der Waals surface area contributed by atoms with E-state index < -0.39 is 0 Å². The summed E-state index contributed by atoms with van der Waals surface area (Å²) in [5, 5.41) is 13.6. The standard InChI is InChI=1S/C19H22N2O2/c1-19(13-22)11-3-8-16(19)21-17(23)10-9-15-6-2-5-14-7-4-12-20-18(14)15/h2,4-7,9-10,12,16,22H,3,8,11,13H2,1H3,(H,21,23)/b10-9+. The summed E-state index contributed by atoms with van der Waals surface area (Å²) < 4.78 is 0. The van der Waals surface area contributed by atoms with Crippen LogP contribution in [-0.4, -0.2) is 28.6 Å². The molecule has 0 aliphatic heterocycles. The number of nitrogens with zero attached hydrogens (tertiary/aromatic N) is 1. The molecule has 4 nitrogen and oxygen atoms in total. The fraction of sp³-hybridized carbons (Fsp3) is 0.368. The van der Waals surface area contributed by atoms with Gasteiger partial charge in [0.2, 0.25) is 5.91 Å². The van der Waals surface area contributed by atoms with Gasteiger partial charge in [-0.05, 0) is 25.0 Å². The second kappa shape index (κ2) is 6.50. The number of pyridine rings is 1. The summed E-state index contributed by atoms with van der Waals surface area (Å²) in [7, 11) is 0. The number of amides is 1. The van der Waals surface area contributed by atoms with Crippen LogP contribution in [0.1, 0.15) is 31.7 Å². The average molecular weight is 310 g/mol. The second-order valence-corrected chi connectivity index (χ2v) is 6.52. The van der Waals surface area contributed by atoms with Gasteiger partial charge in [0.25, 0.3) is 0 Å². The van der Waals surface area contributed by atoms with Crippen LogP contribution >= 0.6 is 0 Å². The minimum atomic E-state index is -0.204. The van der Waals surface area contributed by atoms with Crippen molar-refractivity contribution in [2.75, 3.05) is 6.61 Å². The molecule has 1 amide bonds. The van der Waals surface area contributed by atoms with E-state index in [-0.39, 0.29) is 24.0 Å². The van der Waals surface area contributed by atoms with Crippen molar-refractivity contribution in [3.05, 3.63) is 48.2 Å². The lowest BCUT2D eigenvalue weighted by Crippen LogP contribution is -2.44. The number of nitrogens with one attached hydrogen (secondary N) is 1. The number of rotatable bonds is 4. The molecule has 1 aromatic carbocycles. The van der Waals surface area contributed by atoms with Crippen molar-refractivity contribution in [1.82, 2.24) is 10.3 Å². The third kappa shape index (κ3) is 3.27. The molecule has 1 fully saturated rings. The van der Waals surface area contributed by atoms with E-state index in [9.17, 15) is 9.90 Å². The molecule has 3 rings (SSSR count). The zero-order chi connectivity index (χ0) is 16.3. The molecule has 0 saturated heterocycles. The van der Waals surface area contributed by atoms with Crippen LogP contribution in [0.15, 0.2) is 42.6 Å². The first-order chi connectivity index (χ1) is 11.1. The Morgan fingerprint density at radius 2 is 2.26 bits per heavy atom. The molecule has 1 aromatic heterocycles. The quantitative estimate of drug-likeness (QED) is 0.854. The number of carbonyl (C=O) groups is 1. The lowest BCUT2D eigenvalue weighted by atomic mass is 9.86. The number of hydrogen-bond donors (Lipinski definition) is 2.